The zero-order valence-electron chi connectivity index (χ0n) is 13.0. The average Bonchev–Trinajstić information content (AvgIpc) is 3.38. The Bertz CT molecular complexity index is 869. The second-order valence-corrected chi connectivity index (χ2v) is 6.19. The molecule has 0 N–H and O–H groups in total. The van der Waals surface area contributed by atoms with E-state index in [2.05, 4.69) is 30.3 Å². The number of benzene rings is 3. The number of hydrogen-bond acceptors (Lipinski definition) is 2. The molecule has 23 heavy (non-hydrogen) atoms. The highest BCUT2D eigenvalue weighted by molar-refractivity contribution is 5.90. The minimum absolute atomic E-state index is 0.137. The van der Waals surface area contributed by atoms with E-state index in [1.54, 1.807) is 0 Å². The van der Waals surface area contributed by atoms with Crippen molar-refractivity contribution in [3.05, 3.63) is 83.9 Å². The standard InChI is InChI=1S/C21H18O2/c1-23-20(22)21(18-9-3-2-4-10-18)14-19(21)17-12-11-15-7-5-6-8-16(15)13-17/h2-13,19H,14H2,1H3/t19-,21-/m1/s1. The molecule has 114 valence electrons. The van der Waals surface area contributed by atoms with Crippen molar-refractivity contribution in [2.45, 2.75) is 17.8 Å². The third kappa shape index (κ3) is 2.14. The van der Waals surface area contributed by atoms with Crippen LogP contribution in [0, 0.1) is 0 Å². The van der Waals surface area contributed by atoms with Gasteiger partial charge in [-0.1, -0.05) is 72.8 Å². The van der Waals surface area contributed by atoms with E-state index in [4.69, 9.17) is 4.74 Å². The zero-order chi connectivity index (χ0) is 15.9. The van der Waals surface area contributed by atoms with Crippen LogP contribution in [0.15, 0.2) is 72.8 Å². The SMILES string of the molecule is COC(=O)[C@@]1(c2ccccc2)C[C@@H]1c1ccc2ccccc2c1. The summed E-state index contributed by atoms with van der Waals surface area (Å²) < 4.78 is 5.13. The van der Waals surface area contributed by atoms with E-state index in [1.165, 1.54) is 23.4 Å². The van der Waals surface area contributed by atoms with Crippen LogP contribution in [0.2, 0.25) is 0 Å². The van der Waals surface area contributed by atoms with Gasteiger partial charge < -0.3 is 4.74 Å². The summed E-state index contributed by atoms with van der Waals surface area (Å²) in [5.41, 5.74) is 1.72. The molecule has 2 atom stereocenters. The highest BCUT2D eigenvalue weighted by Crippen LogP contribution is 2.61. The molecule has 0 unspecified atom stereocenters. The molecule has 0 bridgehead atoms. The normalized spacial score (nSPS) is 22.7. The fourth-order valence-electron chi connectivity index (χ4n) is 3.67. The van der Waals surface area contributed by atoms with Crippen molar-refractivity contribution in [1.82, 2.24) is 0 Å². The van der Waals surface area contributed by atoms with Gasteiger partial charge in [-0.3, -0.25) is 4.79 Å². The Morgan fingerprint density at radius 2 is 1.65 bits per heavy atom. The van der Waals surface area contributed by atoms with E-state index in [9.17, 15) is 4.79 Å². The first-order chi connectivity index (χ1) is 11.3. The Hall–Kier alpha value is -2.61. The van der Waals surface area contributed by atoms with Crippen molar-refractivity contribution in [3.8, 4) is 0 Å². The molecule has 0 aromatic heterocycles. The molecule has 1 aliphatic rings. The molecule has 3 aromatic rings. The summed E-state index contributed by atoms with van der Waals surface area (Å²) in [5, 5.41) is 2.43. The van der Waals surface area contributed by atoms with Crippen LogP contribution in [-0.4, -0.2) is 13.1 Å². The molecule has 0 heterocycles. The van der Waals surface area contributed by atoms with Crippen molar-refractivity contribution in [1.29, 1.82) is 0 Å². The molecule has 0 aliphatic heterocycles. The summed E-state index contributed by atoms with van der Waals surface area (Å²) in [5.74, 6) is 0.0452. The van der Waals surface area contributed by atoms with Gasteiger partial charge in [-0.05, 0) is 28.3 Å². The number of rotatable bonds is 3. The lowest BCUT2D eigenvalue weighted by molar-refractivity contribution is -0.143. The lowest BCUT2D eigenvalue weighted by Gasteiger charge is -2.16. The minimum Gasteiger partial charge on any atom is -0.468 e. The number of ether oxygens (including phenoxy) is 1. The molecule has 1 fully saturated rings. The number of esters is 1. The van der Waals surface area contributed by atoms with Crippen molar-refractivity contribution in [2.75, 3.05) is 7.11 Å². The summed E-state index contributed by atoms with van der Waals surface area (Å²) in [6.07, 6.45) is 0.808. The van der Waals surface area contributed by atoms with Crippen LogP contribution >= 0.6 is 0 Å². The first kappa shape index (κ1) is 14.0. The summed E-state index contributed by atoms with van der Waals surface area (Å²) in [6.45, 7) is 0. The fraction of sp³-hybridized carbons (Fsp3) is 0.190. The fourth-order valence-corrected chi connectivity index (χ4v) is 3.67. The maximum Gasteiger partial charge on any atom is 0.316 e. The zero-order valence-corrected chi connectivity index (χ0v) is 13.0. The van der Waals surface area contributed by atoms with Gasteiger partial charge in [-0.2, -0.15) is 0 Å². The molecule has 1 aliphatic carbocycles. The number of fused-ring (bicyclic) bond motifs is 1. The molecule has 0 saturated heterocycles. The second kappa shape index (κ2) is 5.24. The molecule has 2 nitrogen and oxygen atoms in total. The second-order valence-electron chi connectivity index (χ2n) is 6.19. The lowest BCUT2D eigenvalue weighted by Crippen LogP contribution is -2.24. The Labute approximate surface area is 135 Å². The largest absolute Gasteiger partial charge is 0.468 e. The molecule has 1 saturated carbocycles. The first-order valence-corrected chi connectivity index (χ1v) is 7.88. The molecule has 3 aromatic carbocycles. The van der Waals surface area contributed by atoms with Crippen LogP contribution in [0.25, 0.3) is 10.8 Å². The van der Waals surface area contributed by atoms with Gasteiger partial charge in [-0.25, -0.2) is 0 Å². The van der Waals surface area contributed by atoms with Crippen molar-refractivity contribution < 1.29 is 9.53 Å². The highest BCUT2D eigenvalue weighted by atomic mass is 16.5. The van der Waals surface area contributed by atoms with E-state index in [0.29, 0.717) is 0 Å². The predicted molar refractivity (Wildman–Crippen MR) is 91.4 cm³/mol. The topological polar surface area (TPSA) is 26.3 Å². The Balaban J connectivity index is 1.78. The van der Waals surface area contributed by atoms with Gasteiger partial charge in [0.25, 0.3) is 0 Å². The van der Waals surface area contributed by atoms with Crippen molar-refractivity contribution >= 4 is 16.7 Å². The van der Waals surface area contributed by atoms with E-state index in [1.807, 2.05) is 42.5 Å². The number of hydrogen-bond donors (Lipinski definition) is 0. The van der Waals surface area contributed by atoms with E-state index in [-0.39, 0.29) is 11.9 Å². The first-order valence-electron chi connectivity index (χ1n) is 7.88. The predicted octanol–water partition coefficient (Wildman–Crippen LogP) is 4.44. The lowest BCUT2D eigenvalue weighted by atomic mass is 9.90. The van der Waals surface area contributed by atoms with Crippen LogP contribution in [0.1, 0.15) is 23.5 Å². The van der Waals surface area contributed by atoms with Crippen LogP contribution in [-0.2, 0) is 14.9 Å². The third-order valence-electron chi connectivity index (χ3n) is 4.98. The van der Waals surface area contributed by atoms with Crippen LogP contribution < -0.4 is 0 Å². The van der Waals surface area contributed by atoms with Gasteiger partial charge in [0.2, 0.25) is 0 Å². The Morgan fingerprint density at radius 1 is 0.957 bits per heavy atom. The minimum atomic E-state index is -0.529. The van der Waals surface area contributed by atoms with Crippen molar-refractivity contribution in [3.63, 3.8) is 0 Å². The van der Waals surface area contributed by atoms with Gasteiger partial charge in [0.05, 0.1) is 7.11 Å². The maximum absolute atomic E-state index is 12.5. The molecular weight excluding hydrogens is 284 g/mol. The van der Waals surface area contributed by atoms with Crippen LogP contribution in [0.3, 0.4) is 0 Å². The summed E-state index contributed by atoms with van der Waals surface area (Å²) >= 11 is 0. The Morgan fingerprint density at radius 3 is 2.39 bits per heavy atom. The Kier molecular flexibility index (Phi) is 3.19. The number of carbonyl (C=O) groups is 1. The van der Waals surface area contributed by atoms with Gasteiger partial charge in [-0.15, -0.1) is 0 Å². The van der Waals surface area contributed by atoms with E-state index in [0.717, 1.165) is 12.0 Å². The van der Waals surface area contributed by atoms with Crippen LogP contribution in [0.5, 0.6) is 0 Å². The van der Waals surface area contributed by atoms with Gasteiger partial charge in [0, 0.05) is 5.92 Å². The van der Waals surface area contributed by atoms with E-state index < -0.39 is 5.41 Å². The molecule has 0 spiro atoms. The average molecular weight is 302 g/mol. The van der Waals surface area contributed by atoms with Crippen molar-refractivity contribution in [2.24, 2.45) is 0 Å². The number of methoxy groups -OCH3 is 1. The highest BCUT2D eigenvalue weighted by Gasteiger charge is 2.62. The van der Waals surface area contributed by atoms with Gasteiger partial charge in [0.1, 0.15) is 5.41 Å². The molecule has 0 amide bonds. The third-order valence-corrected chi connectivity index (χ3v) is 4.98. The summed E-state index contributed by atoms with van der Waals surface area (Å²) in [7, 11) is 1.47. The smallest absolute Gasteiger partial charge is 0.316 e. The quantitative estimate of drug-likeness (QED) is 0.669. The summed E-state index contributed by atoms with van der Waals surface area (Å²) in [6, 6.07) is 24.8. The van der Waals surface area contributed by atoms with Crippen LogP contribution in [0.4, 0.5) is 0 Å². The molecule has 0 radical (unpaired) electrons. The van der Waals surface area contributed by atoms with Gasteiger partial charge >= 0.3 is 5.97 Å². The van der Waals surface area contributed by atoms with Gasteiger partial charge in [0.15, 0.2) is 0 Å². The molecular formula is C21H18O2. The number of carbonyl (C=O) groups excluding carboxylic acids is 1. The monoisotopic (exact) mass is 302 g/mol. The van der Waals surface area contributed by atoms with E-state index >= 15 is 0 Å². The molecule has 4 rings (SSSR count). The summed E-state index contributed by atoms with van der Waals surface area (Å²) in [4.78, 5) is 12.5. The maximum atomic E-state index is 12.5. The molecule has 2 heteroatoms.